The van der Waals surface area contributed by atoms with Crippen molar-refractivity contribution in [2.24, 2.45) is 5.10 Å². The number of hydrogen-bond acceptors (Lipinski definition) is 6. The maximum atomic E-state index is 12.3. The minimum atomic E-state index is -0.490. The predicted molar refractivity (Wildman–Crippen MR) is 134 cm³/mol. The molecule has 176 valence electrons. The van der Waals surface area contributed by atoms with Crippen LogP contribution in [0.25, 0.3) is 5.69 Å². The van der Waals surface area contributed by atoms with Gasteiger partial charge in [-0.1, -0.05) is 23.7 Å². The van der Waals surface area contributed by atoms with Gasteiger partial charge in [0.2, 0.25) is 5.88 Å². The van der Waals surface area contributed by atoms with E-state index in [2.05, 4.69) is 37.5 Å². The zero-order valence-corrected chi connectivity index (χ0v) is 21.5. The number of nitriles is 1. The van der Waals surface area contributed by atoms with Crippen LogP contribution in [-0.2, 0) is 16.1 Å². The summed E-state index contributed by atoms with van der Waals surface area (Å²) in [7, 11) is 1.53. The van der Waals surface area contributed by atoms with Crippen molar-refractivity contribution in [3.05, 3.63) is 73.6 Å². The second-order valence-electron chi connectivity index (χ2n) is 7.41. The lowest BCUT2D eigenvalue weighted by molar-refractivity contribution is -0.123. The molecular formula is C24H23BrClN5O3. The van der Waals surface area contributed by atoms with Crippen molar-refractivity contribution < 1.29 is 14.3 Å². The number of carbonyl (C=O) groups is 1. The molecule has 0 unspecified atom stereocenters. The van der Waals surface area contributed by atoms with E-state index >= 15 is 0 Å². The Hall–Kier alpha value is -3.19. The van der Waals surface area contributed by atoms with Crippen LogP contribution < -0.4 is 10.2 Å². The van der Waals surface area contributed by atoms with Gasteiger partial charge in [0.1, 0.15) is 11.6 Å². The molecule has 0 fully saturated rings. The highest BCUT2D eigenvalue weighted by Crippen LogP contribution is 2.30. The molecule has 3 rings (SSSR count). The van der Waals surface area contributed by atoms with Crippen molar-refractivity contribution in [1.82, 2.24) is 15.0 Å². The van der Waals surface area contributed by atoms with Crippen molar-refractivity contribution in [1.29, 1.82) is 5.26 Å². The molecule has 0 aliphatic rings. The Balaban J connectivity index is 1.69. The van der Waals surface area contributed by atoms with Gasteiger partial charge in [-0.15, -0.1) is 0 Å². The third-order valence-electron chi connectivity index (χ3n) is 5.06. The molecule has 3 aromatic rings. The van der Waals surface area contributed by atoms with Gasteiger partial charge in [0.05, 0.1) is 29.2 Å². The van der Waals surface area contributed by atoms with E-state index in [4.69, 9.17) is 21.1 Å². The van der Waals surface area contributed by atoms with Crippen molar-refractivity contribution in [2.75, 3.05) is 13.7 Å². The normalized spacial score (nSPS) is 11.0. The van der Waals surface area contributed by atoms with Crippen LogP contribution >= 0.6 is 27.5 Å². The van der Waals surface area contributed by atoms with E-state index < -0.39 is 5.91 Å². The van der Waals surface area contributed by atoms with E-state index in [-0.39, 0.29) is 24.7 Å². The lowest BCUT2D eigenvalue weighted by Crippen LogP contribution is -2.25. The molecule has 1 aromatic carbocycles. The number of aryl methyl sites for hydroxylation is 2. The molecule has 10 heteroatoms. The van der Waals surface area contributed by atoms with Gasteiger partial charge in [0.15, 0.2) is 6.61 Å². The minimum absolute atomic E-state index is 0.0673. The molecule has 1 N–H and O–H groups in total. The molecule has 1 amide bonds. The summed E-state index contributed by atoms with van der Waals surface area (Å²) in [5, 5.41) is 14.2. The van der Waals surface area contributed by atoms with Crippen LogP contribution in [0.4, 0.5) is 0 Å². The Bertz CT molecular complexity index is 1300. The number of aromatic nitrogens is 2. The topological polar surface area (TPSA) is 102 Å². The van der Waals surface area contributed by atoms with Gasteiger partial charge in [0.25, 0.3) is 5.91 Å². The number of hydrogen-bond donors (Lipinski definition) is 1. The van der Waals surface area contributed by atoms with Gasteiger partial charge in [-0.05, 0) is 54.9 Å². The van der Waals surface area contributed by atoms with Crippen molar-refractivity contribution >= 4 is 39.7 Å². The lowest BCUT2D eigenvalue weighted by Gasteiger charge is -2.13. The summed E-state index contributed by atoms with van der Waals surface area (Å²) in [6.07, 6.45) is 1.56. The van der Waals surface area contributed by atoms with Gasteiger partial charge >= 0.3 is 0 Å². The highest BCUT2D eigenvalue weighted by Gasteiger charge is 2.18. The third kappa shape index (κ3) is 5.47. The Morgan fingerprint density at radius 1 is 1.35 bits per heavy atom. The fourth-order valence-corrected chi connectivity index (χ4v) is 4.10. The fourth-order valence-electron chi connectivity index (χ4n) is 3.48. The SMILES string of the molecule is COCc1c(Br)c(C)nc(OCC(=O)N/N=C\c2cc(C)n(-c3ccccc3Cl)c2C)c1C#N. The average Bonchev–Trinajstić information content (AvgIpc) is 3.09. The standard InChI is InChI=1S/C24H23BrClN5O3/c1-14-9-17(16(3)31(14)21-8-6-5-7-20(21)26)11-28-30-22(32)13-34-24-18(10-27)19(12-33-4)23(25)15(2)29-24/h5-9,11H,12-13H2,1-4H3,(H,30,32)/b28-11-. The first-order valence-electron chi connectivity index (χ1n) is 10.2. The largest absolute Gasteiger partial charge is 0.467 e. The van der Waals surface area contributed by atoms with Gasteiger partial charge in [-0.3, -0.25) is 4.79 Å². The molecule has 8 nitrogen and oxygen atoms in total. The van der Waals surface area contributed by atoms with E-state index in [1.54, 1.807) is 13.1 Å². The Morgan fingerprint density at radius 2 is 2.09 bits per heavy atom. The zero-order chi connectivity index (χ0) is 24.8. The monoisotopic (exact) mass is 543 g/mol. The van der Waals surface area contributed by atoms with Gasteiger partial charge < -0.3 is 14.0 Å². The predicted octanol–water partition coefficient (Wildman–Crippen LogP) is 4.76. The number of benzene rings is 1. The van der Waals surface area contributed by atoms with Crippen LogP contribution in [-0.4, -0.2) is 35.4 Å². The Kier molecular flexibility index (Phi) is 8.45. The molecular weight excluding hydrogens is 522 g/mol. The second kappa shape index (κ2) is 11.3. The number of hydrazone groups is 1. The number of nitrogens with zero attached hydrogens (tertiary/aromatic N) is 4. The first-order valence-corrected chi connectivity index (χ1v) is 11.4. The number of halogens is 2. The summed E-state index contributed by atoms with van der Waals surface area (Å²) >= 11 is 9.77. The maximum Gasteiger partial charge on any atom is 0.278 e. The third-order valence-corrected chi connectivity index (χ3v) is 6.44. The molecule has 2 aromatic heterocycles. The van der Waals surface area contributed by atoms with Crippen LogP contribution in [0.2, 0.25) is 5.02 Å². The Morgan fingerprint density at radius 3 is 2.76 bits per heavy atom. The molecule has 0 saturated carbocycles. The van der Waals surface area contributed by atoms with Gasteiger partial charge in [-0.2, -0.15) is 10.4 Å². The number of pyridine rings is 1. The van der Waals surface area contributed by atoms with Crippen LogP contribution in [0.1, 0.15) is 33.8 Å². The molecule has 0 atom stereocenters. The van der Waals surface area contributed by atoms with E-state index in [0.29, 0.717) is 20.8 Å². The summed E-state index contributed by atoms with van der Waals surface area (Å²) < 4.78 is 13.4. The van der Waals surface area contributed by atoms with Crippen LogP contribution in [0.3, 0.4) is 0 Å². The number of rotatable bonds is 8. The van der Waals surface area contributed by atoms with E-state index in [9.17, 15) is 10.1 Å². The average molecular weight is 545 g/mol. The van der Waals surface area contributed by atoms with E-state index in [1.165, 1.54) is 7.11 Å². The number of methoxy groups -OCH3 is 1. The highest BCUT2D eigenvalue weighted by atomic mass is 79.9. The first kappa shape index (κ1) is 25.4. The van der Waals surface area contributed by atoms with Crippen LogP contribution in [0, 0.1) is 32.1 Å². The van der Waals surface area contributed by atoms with Crippen LogP contribution in [0.5, 0.6) is 5.88 Å². The molecule has 2 heterocycles. The fraction of sp³-hybridized carbons (Fsp3) is 0.250. The highest BCUT2D eigenvalue weighted by molar-refractivity contribution is 9.10. The number of carbonyl (C=O) groups excluding carboxylic acids is 1. The number of nitrogens with one attached hydrogen (secondary N) is 1. The number of para-hydroxylation sites is 1. The molecule has 0 aliphatic carbocycles. The summed E-state index contributed by atoms with van der Waals surface area (Å²) in [6, 6.07) is 11.6. The van der Waals surface area contributed by atoms with Crippen LogP contribution in [0.15, 0.2) is 39.9 Å². The molecule has 34 heavy (non-hydrogen) atoms. The van der Waals surface area contributed by atoms with Crippen molar-refractivity contribution in [2.45, 2.75) is 27.4 Å². The quantitative estimate of drug-likeness (QED) is 0.325. The second-order valence-corrected chi connectivity index (χ2v) is 8.61. The lowest BCUT2D eigenvalue weighted by atomic mass is 10.1. The number of amides is 1. The minimum Gasteiger partial charge on any atom is -0.467 e. The Labute approximate surface area is 211 Å². The van der Waals surface area contributed by atoms with Gasteiger partial charge in [-0.25, -0.2) is 10.4 Å². The number of ether oxygens (including phenoxy) is 2. The first-order chi connectivity index (χ1) is 16.3. The van der Waals surface area contributed by atoms with Gasteiger partial charge in [0, 0.05) is 34.1 Å². The molecule has 0 aliphatic heterocycles. The molecule has 0 radical (unpaired) electrons. The van der Waals surface area contributed by atoms with E-state index in [0.717, 1.165) is 22.6 Å². The van der Waals surface area contributed by atoms with Crippen molar-refractivity contribution in [3.8, 4) is 17.6 Å². The molecule has 0 bridgehead atoms. The molecule has 0 saturated heterocycles. The zero-order valence-electron chi connectivity index (χ0n) is 19.1. The molecule has 0 spiro atoms. The summed E-state index contributed by atoms with van der Waals surface area (Å²) in [5.74, 6) is -0.423. The smallest absolute Gasteiger partial charge is 0.278 e. The summed E-state index contributed by atoms with van der Waals surface area (Å²) in [5.41, 5.74) is 7.49. The summed E-state index contributed by atoms with van der Waals surface area (Å²) in [4.78, 5) is 16.5. The van der Waals surface area contributed by atoms with Crippen molar-refractivity contribution in [3.63, 3.8) is 0 Å². The maximum absolute atomic E-state index is 12.3. The van der Waals surface area contributed by atoms with E-state index in [1.807, 2.05) is 48.7 Å². The summed E-state index contributed by atoms with van der Waals surface area (Å²) in [6.45, 7) is 5.53.